The van der Waals surface area contributed by atoms with Gasteiger partial charge in [0.2, 0.25) is 0 Å². The second kappa shape index (κ2) is 4.64. The Kier molecular flexibility index (Phi) is 3.18. The predicted molar refractivity (Wildman–Crippen MR) is 58.9 cm³/mol. The fraction of sp³-hybridized carbons (Fsp3) is 0.167. The van der Waals surface area contributed by atoms with Gasteiger partial charge in [0.15, 0.2) is 0 Å². The summed E-state index contributed by atoms with van der Waals surface area (Å²) >= 11 is 0. The van der Waals surface area contributed by atoms with Gasteiger partial charge in [-0.3, -0.25) is 0 Å². The molecule has 96 valence electrons. The lowest BCUT2D eigenvalue weighted by Gasteiger charge is -2.11. The minimum atomic E-state index is -4.45. The van der Waals surface area contributed by atoms with Crippen LogP contribution in [0.5, 0.6) is 5.75 Å². The number of anilines is 1. The molecule has 1 aromatic carbocycles. The molecule has 0 unspecified atom stereocenters. The molecule has 3 nitrogen and oxygen atoms in total. The van der Waals surface area contributed by atoms with Gasteiger partial charge in [-0.25, -0.2) is 0 Å². The summed E-state index contributed by atoms with van der Waals surface area (Å²) in [5.41, 5.74) is 4.56. The van der Waals surface area contributed by atoms with Gasteiger partial charge in [-0.2, -0.15) is 13.2 Å². The van der Waals surface area contributed by atoms with Crippen molar-refractivity contribution in [2.75, 3.05) is 5.73 Å². The van der Waals surface area contributed by atoms with Gasteiger partial charge in [-0.1, -0.05) is 0 Å². The van der Waals surface area contributed by atoms with Crippen LogP contribution in [0.4, 0.5) is 18.9 Å². The van der Waals surface area contributed by atoms with Crippen LogP contribution in [-0.4, -0.2) is 0 Å². The number of rotatable bonds is 3. The van der Waals surface area contributed by atoms with E-state index >= 15 is 0 Å². The second-order valence-electron chi connectivity index (χ2n) is 3.66. The highest BCUT2D eigenvalue weighted by molar-refractivity contribution is 5.48. The molecule has 0 aliphatic rings. The standard InChI is InChI=1S/C12H10F3NO2/c13-12(14,15)8-4-9(16)6-11(5-8)18-7-10-2-1-3-17-10/h1-6H,7,16H2. The molecule has 0 saturated heterocycles. The van der Waals surface area contributed by atoms with E-state index in [0.29, 0.717) is 5.76 Å². The van der Waals surface area contributed by atoms with E-state index in [2.05, 4.69) is 0 Å². The van der Waals surface area contributed by atoms with Crippen LogP contribution >= 0.6 is 0 Å². The molecule has 0 saturated carbocycles. The zero-order valence-electron chi connectivity index (χ0n) is 9.20. The summed E-state index contributed by atoms with van der Waals surface area (Å²) in [4.78, 5) is 0. The summed E-state index contributed by atoms with van der Waals surface area (Å²) in [6.07, 6.45) is -2.99. The van der Waals surface area contributed by atoms with Gasteiger partial charge in [0.25, 0.3) is 0 Å². The van der Waals surface area contributed by atoms with Crippen molar-refractivity contribution in [1.29, 1.82) is 0 Å². The van der Waals surface area contributed by atoms with Crippen molar-refractivity contribution < 1.29 is 22.3 Å². The number of ether oxygens (including phenoxy) is 1. The summed E-state index contributed by atoms with van der Waals surface area (Å²) in [6.45, 7) is 0.0494. The molecule has 2 rings (SSSR count). The quantitative estimate of drug-likeness (QED) is 0.856. The van der Waals surface area contributed by atoms with Gasteiger partial charge in [0, 0.05) is 11.8 Å². The number of hydrogen-bond donors (Lipinski definition) is 1. The Morgan fingerprint density at radius 3 is 2.61 bits per heavy atom. The van der Waals surface area contributed by atoms with Crippen molar-refractivity contribution in [2.45, 2.75) is 12.8 Å². The van der Waals surface area contributed by atoms with Gasteiger partial charge in [-0.15, -0.1) is 0 Å². The van der Waals surface area contributed by atoms with E-state index in [1.807, 2.05) is 0 Å². The molecular formula is C12H10F3NO2. The van der Waals surface area contributed by atoms with Crippen molar-refractivity contribution in [3.05, 3.63) is 47.9 Å². The lowest BCUT2D eigenvalue weighted by Crippen LogP contribution is -2.06. The Bertz CT molecular complexity index is 521. The predicted octanol–water partition coefficient (Wildman–Crippen LogP) is 3.46. The van der Waals surface area contributed by atoms with Crippen LogP contribution < -0.4 is 10.5 Å². The third kappa shape index (κ3) is 2.97. The van der Waals surface area contributed by atoms with Crippen molar-refractivity contribution >= 4 is 5.69 Å². The molecule has 2 N–H and O–H groups in total. The first-order valence-electron chi connectivity index (χ1n) is 5.08. The molecule has 0 amide bonds. The topological polar surface area (TPSA) is 48.4 Å². The van der Waals surface area contributed by atoms with Crippen LogP contribution in [0, 0.1) is 0 Å². The van der Waals surface area contributed by atoms with E-state index in [-0.39, 0.29) is 18.0 Å². The number of nitrogen functional groups attached to an aromatic ring is 1. The van der Waals surface area contributed by atoms with Gasteiger partial charge in [-0.05, 0) is 24.3 Å². The Morgan fingerprint density at radius 1 is 1.22 bits per heavy atom. The van der Waals surface area contributed by atoms with E-state index in [9.17, 15) is 13.2 Å². The second-order valence-corrected chi connectivity index (χ2v) is 3.66. The van der Waals surface area contributed by atoms with Gasteiger partial charge in [0.05, 0.1) is 11.8 Å². The maximum Gasteiger partial charge on any atom is 0.416 e. The van der Waals surface area contributed by atoms with Crippen molar-refractivity contribution in [3.8, 4) is 5.75 Å². The third-order valence-electron chi connectivity index (χ3n) is 2.22. The third-order valence-corrected chi connectivity index (χ3v) is 2.22. The smallest absolute Gasteiger partial charge is 0.416 e. The highest BCUT2D eigenvalue weighted by Gasteiger charge is 2.31. The molecule has 1 heterocycles. The summed E-state index contributed by atoms with van der Waals surface area (Å²) < 4.78 is 47.8. The number of furan rings is 1. The molecule has 6 heteroatoms. The molecule has 18 heavy (non-hydrogen) atoms. The highest BCUT2D eigenvalue weighted by atomic mass is 19.4. The molecule has 0 aliphatic carbocycles. The number of halogens is 3. The first-order valence-corrected chi connectivity index (χ1v) is 5.08. The number of nitrogens with two attached hydrogens (primary N) is 1. The Hall–Kier alpha value is -2.11. The van der Waals surface area contributed by atoms with E-state index in [4.69, 9.17) is 14.9 Å². The molecule has 0 radical (unpaired) electrons. The van der Waals surface area contributed by atoms with Crippen LogP contribution in [0.1, 0.15) is 11.3 Å². The van der Waals surface area contributed by atoms with Gasteiger partial charge >= 0.3 is 6.18 Å². The number of alkyl halides is 3. The van der Waals surface area contributed by atoms with Crippen LogP contribution in [0.15, 0.2) is 41.0 Å². The van der Waals surface area contributed by atoms with Gasteiger partial charge in [0.1, 0.15) is 18.1 Å². The first-order chi connectivity index (χ1) is 8.45. The van der Waals surface area contributed by atoms with E-state index < -0.39 is 11.7 Å². The lowest BCUT2D eigenvalue weighted by atomic mass is 10.2. The first kappa shape index (κ1) is 12.3. The highest BCUT2D eigenvalue weighted by Crippen LogP contribution is 2.33. The SMILES string of the molecule is Nc1cc(OCc2ccco2)cc(C(F)(F)F)c1. The minimum absolute atomic E-state index is 0.000676. The van der Waals surface area contributed by atoms with E-state index in [0.717, 1.165) is 12.1 Å². The lowest BCUT2D eigenvalue weighted by molar-refractivity contribution is -0.137. The summed E-state index contributed by atoms with van der Waals surface area (Å²) in [6, 6.07) is 6.42. The van der Waals surface area contributed by atoms with E-state index in [1.165, 1.54) is 12.3 Å². The maximum absolute atomic E-state index is 12.5. The normalized spacial score (nSPS) is 11.5. The molecule has 0 bridgehead atoms. The molecule has 0 aliphatic heterocycles. The molecule has 2 aromatic rings. The minimum Gasteiger partial charge on any atom is -0.486 e. The summed E-state index contributed by atoms with van der Waals surface area (Å²) in [5, 5.41) is 0. The number of benzene rings is 1. The summed E-state index contributed by atoms with van der Waals surface area (Å²) in [5.74, 6) is 0.574. The number of hydrogen-bond acceptors (Lipinski definition) is 3. The zero-order valence-corrected chi connectivity index (χ0v) is 9.20. The Morgan fingerprint density at radius 2 is 2.00 bits per heavy atom. The Labute approximate surface area is 101 Å². The van der Waals surface area contributed by atoms with Crippen LogP contribution in [0.25, 0.3) is 0 Å². The van der Waals surface area contributed by atoms with E-state index in [1.54, 1.807) is 12.1 Å². The van der Waals surface area contributed by atoms with Crippen LogP contribution in [-0.2, 0) is 12.8 Å². The Balaban J connectivity index is 2.15. The van der Waals surface area contributed by atoms with Crippen LogP contribution in [0.3, 0.4) is 0 Å². The van der Waals surface area contributed by atoms with Crippen molar-refractivity contribution in [3.63, 3.8) is 0 Å². The fourth-order valence-electron chi connectivity index (χ4n) is 1.42. The molecule has 1 aromatic heterocycles. The monoisotopic (exact) mass is 257 g/mol. The maximum atomic E-state index is 12.5. The summed E-state index contributed by atoms with van der Waals surface area (Å²) in [7, 11) is 0. The van der Waals surface area contributed by atoms with Gasteiger partial charge < -0.3 is 14.9 Å². The fourth-order valence-corrected chi connectivity index (χ4v) is 1.42. The molecule has 0 atom stereocenters. The van der Waals surface area contributed by atoms with Crippen LogP contribution in [0.2, 0.25) is 0 Å². The zero-order chi connectivity index (χ0) is 13.2. The van der Waals surface area contributed by atoms with Crippen molar-refractivity contribution in [2.24, 2.45) is 0 Å². The average molecular weight is 257 g/mol. The van der Waals surface area contributed by atoms with Crippen molar-refractivity contribution in [1.82, 2.24) is 0 Å². The largest absolute Gasteiger partial charge is 0.486 e. The molecule has 0 fully saturated rings. The average Bonchev–Trinajstić information content (AvgIpc) is 2.77. The molecule has 0 spiro atoms. The molecular weight excluding hydrogens is 247 g/mol.